The van der Waals surface area contributed by atoms with E-state index in [0.29, 0.717) is 100.0 Å². The third-order valence-corrected chi connectivity index (χ3v) is 47.4. The molecule has 5 N–H and O–H groups in total. The van der Waals surface area contributed by atoms with E-state index in [1.807, 2.05) is 22.3 Å². The van der Waals surface area contributed by atoms with Crippen molar-refractivity contribution in [3.05, 3.63) is 56.7 Å². The van der Waals surface area contributed by atoms with Crippen LogP contribution in [0.15, 0.2) is 56.7 Å². The van der Waals surface area contributed by atoms with Crippen molar-refractivity contribution in [3.8, 4) is 0 Å². The Labute approximate surface area is 791 Å². The van der Waals surface area contributed by atoms with Gasteiger partial charge in [0.25, 0.3) is 0 Å². The Hall–Kier alpha value is -2.68. The average Bonchev–Trinajstić information content (AvgIpc) is 1.63. The van der Waals surface area contributed by atoms with E-state index in [4.69, 9.17) is 23.7 Å². The van der Waals surface area contributed by atoms with E-state index in [2.05, 4.69) is 151 Å². The molecule has 0 aromatic heterocycles. The second kappa shape index (κ2) is 35.2. The number of amides is 1. The van der Waals surface area contributed by atoms with Crippen molar-refractivity contribution in [3.63, 3.8) is 0 Å². The van der Waals surface area contributed by atoms with Gasteiger partial charge in [0.1, 0.15) is 6.10 Å². The summed E-state index contributed by atoms with van der Waals surface area (Å²) in [6.07, 6.45) is 54.4. The predicted molar refractivity (Wildman–Crippen MR) is 526 cm³/mol. The molecular weight excluding hydrogens is 1600 g/mol. The lowest BCUT2D eigenvalue weighted by atomic mass is 9.51. The summed E-state index contributed by atoms with van der Waals surface area (Å²) in [5, 5.41) is 18.7. The molecule has 24 rings (SSSR count). The largest absolute Gasteiger partial charge is 0.463 e. The fraction of sp³-hybridized carbons (Fsp3) is 0.898. The number of ether oxygens (including phenoxy) is 5. The molecule has 4 spiro atoms. The van der Waals surface area contributed by atoms with Crippen molar-refractivity contribution in [1.29, 1.82) is 0 Å². The Balaban J connectivity index is 0.000000105. The zero-order chi connectivity index (χ0) is 90.7. The van der Waals surface area contributed by atoms with Gasteiger partial charge >= 0.3 is 5.97 Å². The van der Waals surface area contributed by atoms with E-state index in [1.54, 1.807) is 36.1 Å². The van der Waals surface area contributed by atoms with Crippen LogP contribution in [0.5, 0.6) is 0 Å². The molecule has 1 amide bonds. The van der Waals surface area contributed by atoms with Crippen LogP contribution in [0.4, 0.5) is 0 Å². The van der Waals surface area contributed by atoms with Gasteiger partial charge in [0.2, 0.25) is 5.91 Å². The minimum absolute atomic E-state index is 0.0481. The molecule has 0 aromatic carbocycles. The molecule has 0 bridgehead atoms. The number of fused-ring (bicyclic) bond motifs is 24. The van der Waals surface area contributed by atoms with Gasteiger partial charge in [-0.05, 0) is 450 Å². The van der Waals surface area contributed by atoms with E-state index >= 15 is 0 Å². The van der Waals surface area contributed by atoms with Gasteiger partial charge < -0.3 is 50.3 Å². The van der Waals surface area contributed by atoms with Gasteiger partial charge in [0, 0.05) is 67.7 Å². The molecule has 0 radical (unpaired) electrons. The Kier molecular flexibility index (Phi) is 25.4. The molecule has 43 atom stereocenters. The summed E-state index contributed by atoms with van der Waals surface area (Å²) in [7, 11) is 0. The molecule has 130 heavy (non-hydrogen) atoms. The fourth-order valence-corrected chi connectivity index (χ4v) is 40.1. The molecule has 12 saturated carbocycles. The fourth-order valence-electron chi connectivity index (χ4n) is 40.1. The van der Waals surface area contributed by atoms with Crippen LogP contribution in [-0.4, -0.2) is 121 Å². The van der Waals surface area contributed by atoms with Crippen molar-refractivity contribution < 1.29 is 33.3 Å². The molecule has 24 aliphatic rings. The van der Waals surface area contributed by atoms with Crippen molar-refractivity contribution in [2.75, 3.05) is 26.2 Å². The smallest absolute Gasteiger partial charge is 0.302 e. The molecule has 0 unspecified atom stereocenters. The van der Waals surface area contributed by atoms with E-state index in [-0.39, 0.29) is 40.4 Å². The summed E-state index contributed by atoms with van der Waals surface area (Å²) in [5.74, 6) is 20.3. The molecule has 726 valence electrons. The number of nitrogens with one attached hydrogen (secondary N) is 5. The SMILES string of the molecule is C=C1CC[C@@]2(C)[C@H](CC[C@H]3[C@@H]4CC[C@@]5(CC(C)=C4C[C@@H]32)O[C@@H]2C[C@H](C)CN[C@H]2[C@H]5C)C1.CC(=O)N[C@H]1CC[C@@]2(C)[C@H](CC[C@H]3[C@@H]4CC[C@@]5(CC(C)=C4C[C@@H]32)O[C@@H]2C[C@H](C)CN[C@H]2[C@H]5C)C1.CC(=O)O[C@@H]1CC[C@@]2(C)[C@H](CC[C@H]3[C@@H]4CC[C@@]5(CC(C)=C4C[C@@H]32)O[C@@H]2C[C@H](C)CN[C@H]2[C@H]5C)C1.CC1=C2C[C@H]3[C@@H](CC[C@@H]4C[C@@H](C)CC[C@@]43C)[C@@H]2CC[C@@]2(C1)O[C@@H]1C[C@H](C)CN[C@H]1[C@H]2C. The van der Waals surface area contributed by atoms with Gasteiger partial charge in [-0.3, -0.25) is 9.59 Å². The minimum atomic E-state index is -0.104. The predicted octanol–water partition coefficient (Wildman–Crippen LogP) is 25.1. The standard InChI is InChI=1S/C30H48N2O2.C30H47NO3.C29H47NO.C29H45NO/c1-17-12-27-28(31-16-17)19(3)30(34-27)11-9-23-24-7-6-21-13-22(32-20(4)33)8-10-29(21,5)26(24)14-25(23)18(2)15-30;1-17-12-27-28(31-16-17)19(3)30(34-27)11-9-23-24-7-6-21-13-22(33-20(4)32)8-10-29(21,5)26(24)14-25(23)18(2)15-30;2*1-17-8-10-28(5)21(12-17)6-7-23-22-9-11-29(15-19(3)24(22)14-25(23)28)20(4)27-26(31-29)13-18(2)16-30-27/h17,19,21-24,26-28,31H,6-16H2,1-5H3,(H,32,33);17,19,21-24,26-28,31H,6-16H2,1-5H3;17-18,20-23,25-27,30H,6-16H2,1-5H3;18,20-23,25-27,30H,1,6-16H2,2-5H3/t17-,19+,21+,22-,23-,24-,26-,27+,28-,29-,30-;17-,19+,21+,22+,23-,24-,26-,27+,28-,29-,30-;17-,18-,20+,21+,22-,23-,25-,26+,27-,28-,29-;18-,20+,21+,22-,23-,25-,26+,27-,28-,29-/m0000/s1. The monoisotopic (exact) mass is 1790 g/mol. The number of hydrogen-bond donors (Lipinski definition) is 5. The highest BCUT2D eigenvalue weighted by atomic mass is 16.5. The number of hydrogen-bond acceptors (Lipinski definition) is 11. The molecule has 16 aliphatic carbocycles. The maximum absolute atomic E-state index is 11.7. The third kappa shape index (κ3) is 15.9. The normalized spacial score (nSPS) is 53.9. The second-order valence-corrected chi connectivity index (χ2v) is 54.2. The van der Waals surface area contributed by atoms with Gasteiger partial charge in [-0.25, -0.2) is 0 Å². The van der Waals surface area contributed by atoms with Crippen LogP contribution < -0.4 is 26.6 Å². The van der Waals surface area contributed by atoms with Gasteiger partial charge in [-0.2, -0.15) is 0 Å². The molecule has 8 saturated heterocycles. The molecule has 12 nitrogen and oxygen atoms in total. The highest BCUT2D eigenvalue weighted by molar-refractivity contribution is 5.73. The molecule has 8 heterocycles. The third-order valence-electron chi connectivity index (χ3n) is 47.4. The van der Waals surface area contributed by atoms with Crippen LogP contribution >= 0.6 is 0 Å². The summed E-state index contributed by atoms with van der Waals surface area (Å²) in [6, 6.07) is 2.65. The average molecular weight is 1790 g/mol. The zero-order valence-electron chi connectivity index (χ0n) is 85.9. The Bertz CT molecular complexity index is 4230. The number of carbonyl (C=O) groups is 2. The first kappa shape index (κ1) is 93.6. The molecule has 12 heteroatoms. The first-order chi connectivity index (χ1) is 62.0. The van der Waals surface area contributed by atoms with Crippen molar-refractivity contribution in [2.24, 2.45) is 170 Å². The van der Waals surface area contributed by atoms with Gasteiger partial charge in [0.15, 0.2) is 0 Å². The van der Waals surface area contributed by atoms with E-state index in [9.17, 15) is 9.59 Å². The van der Waals surface area contributed by atoms with Crippen LogP contribution in [0, 0.1) is 170 Å². The number of esters is 1. The van der Waals surface area contributed by atoms with Crippen molar-refractivity contribution >= 4 is 11.9 Å². The van der Waals surface area contributed by atoms with Gasteiger partial charge in [0.05, 0.1) is 46.8 Å². The lowest BCUT2D eigenvalue weighted by molar-refractivity contribution is -0.154. The molecule has 8 aliphatic heterocycles. The topological polar surface area (TPSA) is 140 Å². The van der Waals surface area contributed by atoms with Crippen molar-refractivity contribution in [2.45, 2.75) is 472 Å². The highest BCUT2D eigenvalue weighted by Gasteiger charge is 2.67. The Morgan fingerprint density at radius 1 is 0.354 bits per heavy atom. The van der Waals surface area contributed by atoms with Crippen molar-refractivity contribution in [1.82, 2.24) is 26.6 Å². The first-order valence-corrected chi connectivity index (χ1v) is 56.5. The maximum atomic E-state index is 11.7. The highest BCUT2D eigenvalue weighted by Crippen LogP contribution is 2.72. The maximum Gasteiger partial charge on any atom is 0.302 e. The van der Waals surface area contributed by atoms with Crippen LogP contribution in [0.3, 0.4) is 0 Å². The molecule has 20 fully saturated rings. The number of piperidine rings is 4. The Morgan fingerprint density at radius 2 is 0.669 bits per heavy atom. The summed E-state index contributed by atoms with van der Waals surface area (Å²) in [4.78, 5) is 23.2. The zero-order valence-corrected chi connectivity index (χ0v) is 85.9. The lowest BCUT2D eigenvalue weighted by Crippen LogP contribution is -2.50. The minimum Gasteiger partial charge on any atom is -0.463 e. The van der Waals surface area contributed by atoms with Gasteiger partial charge in [-0.15, -0.1) is 0 Å². The Morgan fingerprint density at radius 3 is 1.02 bits per heavy atom. The quantitative estimate of drug-likeness (QED) is 0.133. The first-order valence-electron chi connectivity index (χ1n) is 56.5. The van der Waals surface area contributed by atoms with Crippen LogP contribution in [0.1, 0.15) is 388 Å². The second-order valence-electron chi connectivity index (χ2n) is 54.2. The van der Waals surface area contributed by atoms with Gasteiger partial charge in [-0.1, -0.05) is 153 Å². The number of allylic oxidation sites excluding steroid dienone is 5. The van der Waals surface area contributed by atoms with E-state index < -0.39 is 0 Å². The van der Waals surface area contributed by atoms with Crippen LogP contribution in [-0.2, 0) is 33.3 Å². The van der Waals surface area contributed by atoms with Crippen LogP contribution in [0.2, 0.25) is 0 Å². The van der Waals surface area contributed by atoms with Crippen LogP contribution in [0.25, 0.3) is 0 Å². The molecule has 0 aromatic rings. The summed E-state index contributed by atoms with van der Waals surface area (Å²) in [5.41, 5.74) is 18.1. The summed E-state index contributed by atoms with van der Waals surface area (Å²) in [6.45, 7) is 54.8. The molecular formula is C118H187N5O7. The summed E-state index contributed by atoms with van der Waals surface area (Å²) >= 11 is 0. The number of carbonyl (C=O) groups excluding carboxylic acids is 2. The number of rotatable bonds is 2. The summed E-state index contributed by atoms with van der Waals surface area (Å²) < 4.78 is 33.8. The lowest BCUT2D eigenvalue weighted by Gasteiger charge is -2.54. The van der Waals surface area contributed by atoms with E-state index in [0.717, 1.165) is 163 Å². The van der Waals surface area contributed by atoms with E-state index in [1.165, 1.54) is 250 Å².